The number of benzene rings is 3. The number of anilines is 1. The molecule has 39 heavy (non-hydrogen) atoms. The molecule has 0 bridgehead atoms. The fourth-order valence-electron chi connectivity index (χ4n) is 4.58. The molecule has 4 nitrogen and oxygen atoms in total. The lowest BCUT2D eigenvalue weighted by molar-refractivity contribution is -0.166. The van der Waals surface area contributed by atoms with Crippen molar-refractivity contribution in [3.63, 3.8) is 0 Å². The van der Waals surface area contributed by atoms with Crippen LogP contribution in [0.3, 0.4) is 0 Å². The quantitative estimate of drug-likeness (QED) is 0.286. The molecule has 210 valence electrons. The van der Waals surface area contributed by atoms with Crippen molar-refractivity contribution >= 4 is 5.69 Å². The summed E-state index contributed by atoms with van der Waals surface area (Å²) in [5.41, 5.74) is -1.51. The van der Waals surface area contributed by atoms with E-state index in [1.165, 1.54) is 0 Å². The van der Waals surface area contributed by atoms with Crippen molar-refractivity contribution in [1.82, 2.24) is 0 Å². The molecule has 0 amide bonds. The van der Waals surface area contributed by atoms with Crippen molar-refractivity contribution in [2.45, 2.75) is 64.1 Å². The Labute approximate surface area is 222 Å². The van der Waals surface area contributed by atoms with Gasteiger partial charge in [-0.3, -0.25) is 0 Å². The molecular weight excluding hydrogens is 524 g/mol. The van der Waals surface area contributed by atoms with Gasteiger partial charge >= 0.3 is 12.4 Å². The van der Waals surface area contributed by atoms with E-state index < -0.39 is 47.9 Å². The van der Waals surface area contributed by atoms with Crippen molar-refractivity contribution in [2.24, 2.45) is 0 Å². The molecule has 2 unspecified atom stereocenters. The number of nitrogens with one attached hydrogen (secondary N) is 1. The van der Waals surface area contributed by atoms with Crippen LogP contribution < -0.4 is 10.1 Å². The number of fused-ring (bicyclic) bond motifs is 1. The summed E-state index contributed by atoms with van der Waals surface area (Å²) in [4.78, 5) is 0. The van der Waals surface area contributed by atoms with Crippen molar-refractivity contribution in [3.05, 3.63) is 94.5 Å². The zero-order valence-electron chi connectivity index (χ0n) is 21.6. The monoisotopic (exact) mass is 553 g/mol. The van der Waals surface area contributed by atoms with E-state index in [9.17, 15) is 26.3 Å². The average molecular weight is 554 g/mol. The number of rotatable bonds is 8. The first-order chi connectivity index (χ1) is 18.3. The standard InChI is InChI=1S/C29H29F6NO3/c1-4-37-25-23-15-22(36-16-18-8-6-5-7-9-18)10-11-24(23)39-27(2,3)26(25)38-17-19-12-20(28(30,31)32)14-21(13-19)29(33,34)35/h5-15,25-26,36H,4,16-17H2,1-3H3. The van der Waals surface area contributed by atoms with E-state index >= 15 is 0 Å². The molecule has 0 saturated carbocycles. The Morgan fingerprint density at radius 1 is 0.821 bits per heavy atom. The highest BCUT2D eigenvalue weighted by Gasteiger charge is 2.46. The van der Waals surface area contributed by atoms with Gasteiger partial charge in [0, 0.05) is 24.4 Å². The first-order valence-electron chi connectivity index (χ1n) is 12.4. The lowest BCUT2D eigenvalue weighted by Crippen LogP contribution is -2.51. The number of alkyl halides is 6. The van der Waals surface area contributed by atoms with Crippen molar-refractivity contribution in [2.75, 3.05) is 11.9 Å². The molecule has 0 aromatic heterocycles. The summed E-state index contributed by atoms with van der Waals surface area (Å²) < 4.78 is 98.2. The van der Waals surface area contributed by atoms with Crippen LogP contribution in [0.15, 0.2) is 66.7 Å². The van der Waals surface area contributed by atoms with E-state index in [2.05, 4.69) is 5.32 Å². The first-order valence-corrected chi connectivity index (χ1v) is 12.4. The van der Waals surface area contributed by atoms with E-state index in [0.29, 0.717) is 36.6 Å². The van der Waals surface area contributed by atoms with Gasteiger partial charge in [-0.1, -0.05) is 30.3 Å². The van der Waals surface area contributed by atoms with Crippen molar-refractivity contribution < 1.29 is 40.6 Å². The van der Waals surface area contributed by atoms with Gasteiger partial charge in [-0.25, -0.2) is 0 Å². The van der Waals surface area contributed by atoms with Gasteiger partial charge in [0.1, 0.15) is 23.6 Å². The van der Waals surface area contributed by atoms with Crippen molar-refractivity contribution in [1.29, 1.82) is 0 Å². The maximum Gasteiger partial charge on any atom is 0.416 e. The zero-order valence-corrected chi connectivity index (χ0v) is 21.6. The van der Waals surface area contributed by atoms with Crippen LogP contribution in [0, 0.1) is 0 Å². The summed E-state index contributed by atoms with van der Waals surface area (Å²) in [6, 6.07) is 16.7. The summed E-state index contributed by atoms with van der Waals surface area (Å²) in [5.74, 6) is 0.557. The number of ether oxygens (including phenoxy) is 3. The third-order valence-electron chi connectivity index (χ3n) is 6.41. The maximum absolute atomic E-state index is 13.3. The van der Waals surface area contributed by atoms with Crippen LogP contribution in [0.4, 0.5) is 32.0 Å². The van der Waals surface area contributed by atoms with Crippen LogP contribution in [-0.4, -0.2) is 18.3 Å². The molecule has 1 heterocycles. The predicted molar refractivity (Wildman–Crippen MR) is 134 cm³/mol. The first kappa shape index (κ1) is 28.8. The highest BCUT2D eigenvalue weighted by molar-refractivity contribution is 5.54. The molecule has 2 atom stereocenters. The van der Waals surface area contributed by atoms with Crippen LogP contribution in [-0.2, 0) is 35.0 Å². The fraction of sp³-hybridized carbons (Fsp3) is 0.379. The lowest BCUT2D eigenvalue weighted by Gasteiger charge is -2.44. The molecular formula is C29H29F6NO3. The molecule has 1 aliphatic heterocycles. The lowest BCUT2D eigenvalue weighted by atomic mass is 9.87. The molecule has 3 aromatic rings. The Hall–Kier alpha value is -3.24. The summed E-state index contributed by atoms with van der Waals surface area (Å²) >= 11 is 0. The van der Waals surface area contributed by atoms with Gasteiger partial charge in [-0.2, -0.15) is 26.3 Å². The average Bonchev–Trinajstić information content (AvgIpc) is 2.86. The molecule has 0 fully saturated rings. The molecule has 0 saturated heterocycles. The summed E-state index contributed by atoms with van der Waals surface area (Å²) in [7, 11) is 0. The van der Waals surface area contributed by atoms with E-state index in [-0.39, 0.29) is 11.6 Å². The molecule has 4 rings (SSSR count). The third-order valence-corrected chi connectivity index (χ3v) is 6.41. The van der Waals surface area contributed by atoms with E-state index in [1.807, 2.05) is 42.5 Å². The Morgan fingerprint density at radius 3 is 2.05 bits per heavy atom. The van der Waals surface area contributed by atoms with E-state index in [4.69, 9.17) is 14.2 Å². The third kappa shape index (κ3) is 6.86. The zero-order chi connectivity index (χ0) is 28.4. The van der Waals surface area contributed by atoms with E-state index in [1.54, 1.807) is 26.8 Å². The fourth-order valence-corrected chi connectivity index (χ4v) is 4.58. The Morgan fingerprint density at radius 2 is 1.46 bits per heavy atom. The van der Waals surface area contributed by atoms with Crippen LogP contribution >= 0.6 is 0 Å². The van der Waals surface area contributed by atoms with Gasteiger partial charge in [-0.05, 0) is 68.3 Å². The normalized spacial score (nSPS) is 18.8. The Kier molecular flexibility index (Phi) is 8.18. The minimum absolute atomic E-state index is 0.0976. The summed E-state index contributed by atoms with van der Waals surface area (Å²) in [6.07, 6.45) is -11.4. The van der Waals surface area contributed by atoms with E-state index in [0.717, 1.165) is 11.3 Å². The number of hydrogen-bond acceptors (Lipinski definition) is 4. The van der Waals surface area contributed by atoms with Gasteiger partial charge < -0.3 is 19.5 Å². The van der Waals surface area contributed by atoms with Gasteiger partial charge in [0.15, 0.2) is 0 Å². The topological polar surface area (TPSA) is 39.7 Å². The van der Waals surface area contributed by atoms with Gasteiger partial charge in [0.25, 0.3) is 0 Å². The Balaban J connectivity index is 1.61. The minimum atomic E-state index is -4.95. The second kappa shape index (κ2) is 11.1. The van der Waals surface area contributed by atoms with Crippen LogP contribution in [0.25, 0.3) is 0 Å². The summed E-state index contributed by atoms with van der Waals surface area (Å²) in [5, 5.41) is 3.34. The second-order valence-electron chi connectivity index (χ2n) is 9.82. The highest BCUT2D eigenvalue weighted by Crippen LogP contribution is 2.45. The molecule has 1 N–H and O–H groups in total. The summed E-state index contributed by atoms with van der Waals surface area (Å²) in [6.45, 7) is 5.63. The maximum atomic E-state index is 13.3. The molecule has 0 spiro atoms. The molecule has 0 aliphatic carbocycles. The van der Waals surface area contributed by atoms with Crippen LogP contribution in [0.1, 0.15) is 54.7 Å². The number of hydrogen-bond donors (Lipinski definition) is 1. The molecule has 10 heteroatoms. The van der Waals surface area contributed by atoms with Crippen LogP contribution in [0.2, 0.25) is 0 Å². The Bertz CT molecular complexity index is 1240. The molecule has 0 radical (unpaired) electrons. The highest BCUT2D eigenvalue weighted by atomic mass is 19.4. The smallest absolute Gasteiger partial charge is 0.416 e. The minimum Gasteiger partial charge on any atom is -0.485 e. The van der Waals surface area contributed by atoms with Gasteiger partial charge in [-0.15, -0.1) is 0 Å². The van der Waals surface area contributed by atoms with Crippen LogP contribution in [0.5, 0.6) is 5.75 Å². The predicted octanol–water partition coefficient (Wildman–Crippen LogP) is 8.17. The number of halogens is 6. The molecule has 3 aromatic carbocycles. The second-order valence-corrected chi connectivity index (χ2v) is 9.82. The molecule has 1 aliphatic rings. The van der Waals surface area contributed by atoms with Gasteiger partial charge in [0.05, 0.1) is 17.7 Å². The van der Waals surface area contributed by atoms with Gasteiger partial charge in [0.2, 0.25) is 0 Å². The SMILES string of the molecule is CCOC1c2cc(NCc3ccccc3)ccc2OC(C)(C)C1OCc1cc(C(F)(F)F)cc(C(F)(F)F)c1. The largest absolute Gasteiger partial charge is 0.485 e. The van der Waals surface area contributed by atoms with Crippen molar-refractivity contribution in [3.8, 4) is 5.75 Å².